The lowest BCUT2D eigenvalue weighted by Crippen LogP contribution is -2.22. The fourth-order valence-corrected chi connectivity index (χ4v) is 3.94. The van der Waals surface area contributed by atoms with Crippen LogP contribution in [-0.4, -0.2) is 25.5 Å². The number of para-hydroxylation sites is 1. The molecule has 0 unspecified atom stereocenters. The van der Waals surface area contributed by atoms with E-state index >= 15 is 0 Å². The molecule has 0 spiro atoms. The topological polar surface area (TPSA) is 101 Å². The van der Waals surface area contributed by atoms with Crippen molar-refractivity contribution in [3.63, 3.8) is 0 Å². The maximum Gasteiger partial charge on any atom is 0.283 e. The molecule has 0 aliphatic carbocycles. The minimum absolute atomic E-state index is 0.169. The van der Waals surface area contributed by atoms with Gasteiger partial charge in [0.25, 0.3) is 11.5 Å². The summed E-state index contributed by atoms with van der Waals surface area (Å²) in [5, 5.41) is 11.4. The molecule has 8 nitrogen and oxygen atoms in total. The van der Waals surface area contributed by atoms with Crippen LogP contribution in [0.2, 0.25) is 0 Å². The van der Waals surface area contributed by atoms with E-state index in [4.69, 9.17) is 0 Å². The van der Waals surface area contributed by atoms with Gasteiger partial charge in [-0.1, -0.05) is 29.5 Å². The van der Waals surface area contributed by atoms with Crippen LogP contribution < -0.4 is 16.2 Å². The van der Waals surface area contributed by atoms with E-state index < -0.39 is 0 Å². The summed E-state index contributed by atoms with van der Waals surface area (Å²) < 4.78 is 1.30. The minimum Gasteiger partial charge on any atom is -0.348 e. The highest BCUT2D eigenvalue weighted by Crippen LogP contribution is 2.23. The number of anilines is 2. The van der Waals surface area contributed by atoms with Crippen molar-refractivity contribution in [1.82, 2.24) is 24.9 Å². The lowest BCUT2D eigenvalue weighted by Gasteiger charge is -2.06. The van der Waals surface area contributed by atoms with E-state index in [-0.39, 0.29) is 11.5 Å². The lowest BCUT2D eigenvalue weighted by molar-refractivity contribution is 0.0951. The van der Waals surface area contributed by atoms with Crippen LogP contribution in [0.3, 0.4) is 0 Å². The highest BCUT2D eigenvalue weighted by molar-refractivity contribution is 7.20. The SMILES string of the molecule is O=C(NCc1cccnc1)c1ccc(Nc2nn3c(=O)c4ccccc4nc3s2)cc1. The number of rotatable bonds is 5. The third kappa shape index (κ3) is 3.86. The summed E-state index contributed by atoms with van der Waals surface area (Å²) in [5.74, 6) is -0.169. The molecule has 3 heterocycles. The van der Waals surface area contributed by atoms with Gasteiger partial charge >= 0.3 is 0 Å². The molecule has 152 valence electrons. The molecule has 0 radical (unpaired) electrons. The van der Waals surface area contributed by atoms with Gasteiger partial charge in [-0.3, -0.25) is 14.6 Å². The van der Waals surface area contributed by atoms with Gasteiger partial charge in [-0.25, -0.2) is 4.98 Å². The number of carbonyl (C=O) groups is 1. The van der Waals surface area contributed by atoms with Gasteiger partial charge in [-0.2, -0.15) is 4.52 Å². The average molecular weight is 428 g/mol. The number of amides is 1. The molecule has 2 N–H and O–H groups in total. The summed E-state index contributed by atoms with van der Waals surface area (Å²) in [6, 6.07) is 18.0. The molecule has 0 atom stereocenters. The molecule has 2 aromatic carbocycles. The standard InChI is InChI=1S/C22H16N6O2S/c29-19(24-13-14-4-3-11-23-12-14)15-7-9-16(10-8-15)25-21-27-28-20(30)17-5-1-2-6-18(17)26-22(28)31-21/h1-12H,13H2,(H,24,29)(H,25,27). The van der Waals surface area contributed by atoms with Crippen LogP contribution in [0.25, 0.3) is 15.9 Å². The number of benzene rings is 2. The third-order valence-corrected chi connectivity index (χ3v) is 5.50. The number of pyridine rings is 1. The molecule has 0 saturated carbocycles. The number of hydrogen-bond donors (Lipinski definition) is 2. The molecule has 0 aliphatic rings. The number of hydrogen-bond acceptors (Lipinski definition) is 7. The average Bonchev–Trinajstić information content (AvgIpc) is 3.21. The maximum atomic E-state index is 12.6. The smallest absolute Gasteiger partial charge is 0.283 e. The van der Waals surface area contributed by atoms with Gasteiger partial charge in [0.15, 0.2) is 0 Å². The monoisotopic (exact) mass is 428 g/mol. The highest BCUT2D eigenvalue weighted by Gasteiger charge is 2.11. The normalized spacial score (nSPS) is 11.0. The molecule has 5 rings (SSSR count). The van der Waals surface area contributed by atoms with Crippen LogP contribution in [0.1, 0.15) is 15.9 Å². The van der Waals surface area contributed by atoms with E-state index in [0.29, 0.717) is 33.1 Å². The lowest BCUT2D eigenvalue weighted by atomic mass is 10.2. The van der Waals surface area contributed by atoms with Crippen molar-refractivity contribution >= 4 is 43.9 Å². The molecule has 0 saturated heterocycles. The van der Waals surface area contributed by atoms with E-state index in [1.807, 2.05) is 24.3 Å². The predicted octanol–water partition coefficient (Wildman–Crippen LogP) is 3.37. The zero-order valence-electron chi connectivity index (χ0n) is 16.1. The Kier molecular flexibility index (Phi) is 4.85. The fourth-order valence-electron chi connectivity index (χ4n) is 3.12. The largest absolute Gasteiger partial charge is 0.348 e. The minimum atomic E-state index is -0.203. The van der Waals surface area contributed by atoms with E-state index in [1.54, 1.807) is 48.8 Å². The van der Waals surface area contributed by atoms with Gasteiger partial charge in [-0.15, -0.1) is 5.10 Å². The number of nitrogens with one attached hydrogen (secondary N) is 2. The Morgan fingerprint density at radius 2 is 1.87 bits per heavy atom. The first-order chi connectivity index (χ1) is 15.2. The molecule has 3 aromatic heterocycles. The van der Waals surface area contributed by atoms with Crippen LogP contribution in [0, 0.1) is 0 Å². The second-order valence-electron chi connectivity index (χ2n) is 6.78. The van der Waals surface area contributed by atoms with Gasteiger partial charge in [-0.05, 0) is 48.0 Å². The van der Waals surface area contributed by atoms with Crippen molar-refractivity contribution in [3.8, 4) is 0 Å². The Hall–Kier alpha value is -4.11. The van der Waals surface area contributed by atoms with Crippen molar-refractivity contribution in [2.24, 2.45) is 0 Å². The summed E-state index contributed by atoms with van der Waals surface area (Å²) in [6.07, 6.45) is 3.41. The molecule has 1 amide bonds. The van der Waals surface area contributed by atoms with Crippen LogP contribution in [-0.2, 0) is 6.54 Å². The first-order valence-corrected chi connectivity index (χ1v) is 10.3. The maximum absolute atomic E-state index is 12.6. The van der Waals surface area contributed by atoms with E-state index in [0.717, 1.165) is 11.3 Å². The van der Waals surface area contributed by atoms with Crippen molar-refractivity contribution in [1.29, 1.82) is 0 Å². The summed E-state index contributed by atoms with van der Waals surface area (Å²) in [5.41, 5.74) is 2.67. The molecular formula is C22H16N6O2S. The quantitative estimate of drug-likeness (QED) is 0.445. The van der Waals surface area contributed by atoms with Crippen molar-refractivity contribution in [2.75, 3.05) is 5.32 Å². The van der Waals surface area contributed by atoms with Crippen molar-refractivity contribution in [3.05, 3.63) is 94.5 Å². The van der Waals surface area contributed by atoms with Crippen LogP contribution in [0.4, 0.5) is 10.8 Å². The Balaban J connectivity index is 1.32. The summed E-state index contributed by atoms with van der Waals surface area (Å²) in [7, 11) is 0. The van der Waals surface area contributed by atoms with E-state index in [9.17, 15) is 9.59 Å². The van der Waals surface area contributed by atoms with Crippen LogP contribution >= 0.6 is 11.3 Å². The number of aromatic nitrogens is 4. The van der Waals surface area contributed by atoms with Gasteiger partial charge in [0.05, 0.1) is 10.9 Å². The van der Waals surface area contributed by atoms with Gasteiger partial charge in [0, 0.05) is 30.2 Å². The van der Waals surface area contributed by atoms with Crippen LogP contribution in [0.5, 0.6) is 0 Å². The highest BCUT2D eigenvalue weighted by atomic mass is 32.1. The first kappa shape index (κ1) is 18.9. The van der Waals surface area contributed by atoms with E-state index in [2.05, 4.69) is 25.7 Å². The van der Waals surface area contributed by atoms with E-state index in [1.165, 1.54) is 15.9 Å². The Labute approximate surface area is 180 Å². The van der Waals surface area contributed by atoms with Gasteiger partial charge < -0.3 is 10.6 Å². The third-order valence-electron chi connectivity index (χ3n) is 4.68. The Morgan fingerprint density at radius 3 is 2.68 bits per heavy atom. The molecule has 0 aliphatic heterocycles. The molecule has 9 heteroatoms. The van der Waals surface area contributed by atoms with Crippen LogP contribution in [0.15, 0.2) is 77.9 Å². The van der Waals surface area contributed by atoms with Crippen molar-refractivity contribution in [2.45, 2.75) is 6.54 Å². The Bertz CT molecular complexity index is 1440. The summed E-state index contributed by atoms with van der Waals surface area (Å²) >= 11 is 1.28. The first-order valence-electron chi connectivity index (χ1n) is 9.50. The number of carbonyl (C=O) groups excluding carboxylic acids is 1. The van der Waals surface area contributed by atoms with Gasteiger partial charge in [0.2, 0.25) is 10.1 Å². The van der Waals surface area contributed by atoms with Gasteiger partial charge in [0.1, 0.15) is 0 Å². The second-order valence-corrected chi connectivity index (χ2v) is 7.74. The predicted molar refractivity (Wildman–Crippen MR) is 120 cm³/mol. The number of nitrogens with zero attached hydrogens (tertiary/aromatic N) is 4. The molecule has 0 bridgehead atoms. The second kappa shape index (κ2) is 7.96. The van der Waals surface area contributed by atoms with Crippen molar-refractivity contribution < 1.29 is 4.79 Å². The summed E-state index contributed by atoms with van der Waals surface area (Å²) in [6.45, 7) is 0.411. The Morgan fingerprint density at radius 1 is 1.03 bits per heavy atom. The zero-order chi connectivity index (χ0) is 21.2. The summed E-state index contributed by atoms with van der Waals surface area (Å²) in [4.78, 5) is 34.0. The fraction of sp³-hybridized carbons (Fsp3) is 0.0455. The molecular weight excluding hydrogens is 412 g/mol. The molecule has 31 heavy (non-hydrogen) atoms. The molecule has 5 aromatic rings. The number of fused-ring (bicyclic) bond motifs is 2. The zero-order valence-corrected chi connectivity index (χ0v) is 17.0. The molecule has 0 fully saturated rings.